The molecule has 86 valence electrons. The van der Waals surface area contributed by atoms with Crippen LogP contribution in [0.2, 0.25) is 0 Å². The van der Waals surface area contributed by atoms with Crippen LogP contribution in [0.15, 0.2) is 0 Å². The number of nitrogens with zero attached hydrogens (tertiary/aromatic N) is 1. The van der Waals surface area contributed by atoms with Crippen LogP contribution in [0.25, 0.3) is 0 Å². The van der Waals surface area contributed by atoms with Crippen LogP contribution in [-0.2, 0) is 4.79 Å². The van der Waals surface area contributed by atoms with Crippen molar-refractivity contribution in [3.63, 3.8) is 0 Å². The van der Waals surface area contributed by atoms with Gasteiger partial charge in [-0.15, -0.1) is 0 Å². The molecule has 15 heavy (non-hydrogen) atoms. The van der Waals surface area contributed by atoms with E-state index < -0.39 is 0 Å². The molecule has 2 saturated carbocycles. The summed E-state index contributed by atoms with van der Waals surface area (Å²) in [6, 6.07) is 0.0359. The van der Waals surface area contributed by atoms with Crippen LogP contribution in [0.3, 0.4) is 0 Å². The van der Waals surface area contributed by atoms with Gasteiger partial charge in [0.2, 0.25) is 0 Å². The molecule has 0 saturated heterocycles. The van der Waals surface area contributed by atoms with Crippen molar-refractivity contribution in [2.75, 3.05) is 14.1 Å². The zero-order valence-electron chi connectivity index (χ0n) is 10.4. The van der Waals surface area contributed by atoms with Crippen LogP contribution in [0.1, 0.15) is 33.6 Å². The lowest BCUT2D eigenvalue weighted by Gasteiger charge is -2.32. The van der Waals surface area contributed by atoms with E-state index in [4.69, 9.17) is 0 Å². The van der Waals surface area contributed by atoms with Crippen LogP contribution < -0.4 is 5.43 Å². The summed E-state index contributed by atoms with van der Waals surface area (Å²) in [6.45, 7) is 6.65. The van der Waals surface area contributed by atoms with Crippen molar-refractivity contribution < 1.29 is 4.79 Å². The minimum Gasteiger partial charge on any atom is -0.297 e. The molecule has 2 fully saturated rings. The first kappa shape index (κ1) is 11.1. The third-order valence-corrected chi connectivity index (χ3v) is 4.93. The molecule has 3 unspecified atom stereocenters. The van der Waals surface area contributed by atoms with Crippen LogP contribution in [0.4, 0.5) is 0 Å². The van der Waals surface area contributed by atoms with E-state index in [9.17, 15) is 4.79 Å². The highest BCUT2D eigenvalue weighted by molar-refractivity contribution is 5.94. The Bertz CT molecular complexity index is 298. The molecule has 3 heteroatoms. The minimum absolute atomic E-state index is 0.0359. The largest absolute Gasteiger partial charge is 0.297 e. The fourth-order valence-corrected chi connectivity index (χ4v) is 3.51. The predicted molar refractivity (Wildman–Crippen MR) is 60.2 cm³/mol. The van der Waals surface area contributed by atoms with Gasteiger partial charge in [-0.3, -0.25) is 4.79 Å². The molecule has 3 atom stereocenters. The average molecular weight is 210 g/mol. The second-order valence-corrected chi connectivity index (χ2v) is 6.06. The zero-order valence-corrected chi connectivity index (χ0v) is 10.4. The van der Waals surface area contributed by atoms with Gasteiger partial charge in [-0.2, -0.15) is 0 Å². The number of carbonyl (C=O) groups excluding carboxylic acids is 1. The van der Waals surface area contributed by atoms with E-state index >= 15 is 0 Å². The van der Waals surface area contributed by atoms with Gasteiger partial charge in [-0.25, -0.2) is 10.4 Å². The molecular formula is C12H22N2O. The third kappa shape index (κ3) is 1.23. The molecule has 1 N–H and O–H groups in total. The van der Waals surface area contributed by atoms with Gasteiger partial charge in [0, 0.05) is 19.5 Å². The van der Waals surface area contributed by atoms with Crippen molar-refractivity contribution in [3.05, 3.63) is 0 Å². The Morgan fingerprint density at radius 3 is 2.33 bits per heavy atom. The number of Topliss-reactive ketones (excluding diaryl/α,β-unsaturated/α-hetero) is 1. The lowest BCUT2D eigenvalue weighted by atomic mass is 9.70. The standard InChI is InChI=1S/C12H22N2O/c1-11(2)8-6-7-12(11,3)10(15)9(8)13-14(4)5/h8-9,13H,6-7H2,1-5H3. The molecule has 0 aliphatic heterocycles. The highest BCUT2D eigenvalue weighted by atomic mass is 16.1. The number of nitrogens with one attached hydrogen (secondary N) is 1. The highest BCUT2D eigenvalue weighted by Gasteiger charge is 2.66. The average Bonchev–Trinajstić information content (AvgIpc) is 2.40. The van der Waals surface area contributed by atoms with Crippen molar-refractivity contribution in [2.45, 2.75) is 39.7 Å². The molecule has 2 aliphatic carbocycles. The van der Waals surface area contributed by atoms with E-state index in [-0.39, 0.29) is 16.9 Å². The molecule has 2 rings (SSSR count). The monoisotopic (exact) mass is 210 g/mol. The summed E-state index contributed by atoms with van der Waals surface area (Å²) in [5.41, 5.74) is 3.33. The highest BCUT2D eigenvalue weighted by Crippen LogP contribution is 2.63. The first-order chi connectivity index (χ1) is 6.80. The fourth-order valence-electron chi connectivity index (χ4n) is 3.51. The lowest BCUT2D eigenvalue weighted by molar-refractivity contribution is -0.131. The molecule has 0 amide bonds. The van der Waals surface area contributed by atoms with Crippen LogP contribution in [0, 0.1) is 16.7 Å². The van der Waals surface area contributed by atoms with E-state index in [0.717, 1.165) is 6.42 Å². The Balaban J connectivity index is 2.30. The Morgan fingerprint density at radius 1 is 1.33 bits per heavy atom. The summed E-state index contributed by atoms with van der Waals surface area (Å²) < 4.78 is 0. The number of hydrogen-bond acceptors (Lipinski definition) is 3. The maximum Gasteiger partial charge on any atom is 0.157 e. The van der Waals surface area contributed by atoms with Crippen molar-refractivity contribution in [1.82, 2.24) is 10.4 Å². The van der Waals surface area contributed by atoms with Crippen molar-refractivity contribution in [1.29, 1.82) is 0 Å². The zero-order chi connectivity index (χ0) is 11.4. The van der Waals surface area contributed by atoms with Gasteiger partial charge in [0.15, 0.2) is 5.78 Å². The van der Waals surface area contributed by atoms with E-state index in [1.807, 2.05) is 19.1 Å². The van der Waals surface area contributed by atoms with Crippen molar-refractivity contribution >= 4 is 5.78 Å². The molecule has 0 heterocycles. The number of carbonyl (C=O) groups is 1. The summed E-state index contributed by atoms with van der Waals surface area (Å²) in [7, 11) is 3.91. The van der Waals surface area contributed by atoms with E-state index in [0.29, 0.717) is 11.7 Å². The topological polar surface area (TPSA) is 32.3 Å². The van der Waals surface area contributed by atoms with Crippen LogP contribution in [-0.4, -0.2) is 30.9 Å². The summed E-state index contributed by atoms with van der Waals surface area (Å²) in [6.07, 6.45) is 2.25. The Morgan fingerprint density at radius 2 is 1.93 bits per heavy atom. The minimum atomic E-state index is -0.106. The van der Waals surface area contributed by atoms with Gasteiger partial charge < -0.3 is 0 Å². The Labute approximate surface area is 92.2 Å². The molecule has 2 aliphatic rings. The normalized spacial score (nSPS) is 42.9. The maximum atomic E-state index is 12.4. The third-order valence-electron chi connectivity index (χ3n) is 4.93. The van der Waals surface area contributed by atoms with Crippen LogP contribution >= 0.6 is 0 Å². The summed E-state index contributed by atoms with van der Waals surface area (Å²) in [5, 5.41) is 1.91. The SMILES string of the molecule is CN(C)NC1C(=O)C2(C)CCC1C2(C)C. The number of hydrogen-bond donors (Lipinski definition) is 1. The second-order valence-electron chi connectivity index (χ2n) is 6.06. The predicted octanol–water partition coefficient (Wildman–Crippen LogP) is 1.45. The van der Waals surface area contributed by atoms with Crippen LogP contribution in [0.5, 0.6) is 0 Å². The molecule has 0 spiro atoms. The van der Waals surface area contributed by atoms with E-state index in [1.54, 1.807) is 0 Å². The number of rotatable bonds is 2. The van der Waals surface area contributed by atoms with Gasteiger partial charge in [-0.05, 0) is 24.2 Å². The maximum absolute atomic E-state index is 12.4. The molecule has 2 bridgehead atoms. The Kier molecular flexibility index (Phi) is 2.25. The summed E-state index contributed by atoms with van der Waals surface area (Å²) in [5.74, 6) is 0.912. The van der Waals surface area contributed by atoms with Gasteiger partial charge in [0.1, 0.15) is 0 Å². The first-order valence-electron chi connectivity index (χ1n) is 5.78. The van der Waals surface area contributed by atoms with E-state index in [2.05, 4.69) is 26.2 Å². The quantitative estimate of drug-likeness (QED) is 0.700. The van der Waals surface area contributed by atoms with Gasteiger partial charge in [-0.1, -0.05) is 20.8 Å². The molecular weight excluding hydrogens is 188 g/mol. The van der Waals surface area contributed by atoms with Gasteiger partial charge >= 0.3 is 0 Å². The van der Waals surface area contributed by atoms with Gasteiger partial charge in [0.25, 0.3) is 0 Å². The first-order valence-corrected chi connectivity index (χ1v) is 5.78. The van der Waals surface area contributed by atoms with Gasteiger partial charge in [0.05, 0.1) is 6.04 Å². The van der Waals surface area contributed by atoms with Crippen molar-refractivity contribution in [2.24, 2.45) is 16.7 Å². The van der Waals surface area contributed by atoms with Crippen molar-refractivity contribution in [3.8, 4) is 0 Å². The number of ketones is 1. The molecule has 0 aromatic carbocycles. The summed E-state index contributed by atoms with van der Waals surface area (Å²) >= 11 is 0. The molecule has 0 radical (unpaired) electrons. The molecule has 0 aromatic rings. The second kappa shape index (κ2) is 3.05. The molecule has 0 aromatic heterocycles. The smallest absolute Gasteiger partial charge is 0.157 e. The fraction of sp³-hybridized carbons (Fsp3) is 0.917. The molecule has 3 nitrogen and oxygen atoms in total. The Hall–Kier alpha value is -0.410. The number of fused-ring (bicyclic) bond motifs is 2. The lowest BCUT2D eigenvalue weighted by Crippen LogP contribution is -2.49. The summed E-state index contributed by atoms with van der Waals surface area (Å²) in [4.78, 5) is 12.4. The van der Waals surface area contributed by atoms with E-state index in [1.165, 1.54) is 6.42 Å². The number of hydrazine groups is 1.